The van der Waals surface area contributed by atoms with Crippen molar-refractivity contribution in [1.82, 2.24) is 40.4 Å². The highest BCUT2D eigenvalue weighted by Gasteiger charge is 2.57. The molecule has 4 aliphatic carbocycles. The predicted molar refractivity (Wildman–Crippen MR) is 264 cm³/mol. The third kappa shape index (κ3) is 8.21. The van der Waals surface area contributed by atoms with Gasteiger partial charge in [-0.3, -0.25) is 9.59 Å². The molecule has 2 aromatic carbocycles. The zero-order valence-electron chi connectivity index (χ0n) is 40.5. The molecule has 11 rings (SSSR count). The van der Waals surface area contributed by atoms with Crippen LogP contribution in [-0.2, 0) is 31.9 Å². The number of alkyl carbamates (subject to hydrolysis) is 2. The number of methoxy groups -OCH3 is 2. The van der Waals surface area contributed by atoms with Crippen LogP contribution in [0.5, 0.6) is 0 Å². The number of aromatic nitrogens is 4. The minimum atomic E-state index is -0.673. The Morgan fingerprint density at radius 1 is 0.681 bits per heavy atom. The van der Waals surface area contributed by atoms with E-state index >= 15 is 0 Å². The second-order valence-corrected chi connectivity index (χ2v) is 22.3. The van der Waals surface area contributed by atoms with E-state index in [-0.39, 0.29) is 47.8 Å². The van der Waals surface area contributed by atoms with Gasteiger partial charge in [-0.05, 0) is 114 Å². The molecule has 15 heteroatoms. The number of fused-ring (bicyclic) bond motifs is 3. The number of aromatic amines is 2. The maximum Gasteiger partial charge on any atom is 0.407 e. The van der Waals surface area contributed by atoms with E-state index in [0.29, 0.717) is 17.3 Å². The summed E-state index contributed by atoms with van der Waals surface area (Å²) >= 11 is 1.91. The molecule has 2 saturated heterocycles. The summed E-state index contributed by atoms with van der Waals surface area (Å²) in [6.07, 6.45) is 14.4. The summed E-state index contributed by atoms with van der Waals surface area (Å²) in [7, 11) is 2.64. The van der Waals surface area contributed by atoms with E-state index in [1.54, 1.807) is 0 Å². The van der Waals surface area contributed by atoms with Gasteiger partial charge in [0.2, 0.25) is 11.8 Å². The minimum absolute atomic E-state index is 0.0439. The fourth-order valence-corrected chi connectivity index (χ4v) is 13.8. The molecule has 362 valence electrons. The third-order valence-electron chi connectivity index (χ3n) is 16.7. The molecule has 6 aliphatic rings. The van der Waals surface area contributed by atoms with Gasteiger partial charge in [0.1, 0.15) is 23.7 Å². The van der Waals surface area contributed by atoms with E-state index in [1.807, 2.05) is 61.2 Å². The zero-order chi connectivity index (χ0) is 47.9. The summed E-state index contributed by atoms with van der Waals surface area (Å²) in [4.78, 5) is 76.1. The van der Waals surface area contributed by atoms with Crippen molar-refractivity contribution < 1.29 is 28.7 Å². The predicted octanol–water partition coefficient (Wildman–Crippen LogP) is 10.00. The van der Waals surface area contributed by atoms with Crippen molar-refractivity contribution >= 4 is 35.3 Å². The van der Waals surface area contributed by atoms with Crippen molar-refractivity contribution in [3.63, 3.8) is 0 Å². The Morgan fingerprint density at radius 3 is 1.55 bits per heavy atom. The van der Waals surface area contributed by atoms with Gasteiger partial charge >= 0.3 is 12.2 Å². The first kappa shape index (κ1) is 45.5. The van der Waals surface area contributed by atoms with Gasteiger partial charge in [-0.1, -0.05) is 95.5 Å². The Kier molecular flexibility index (Phi) is 11.7. The summed E-state index contributed by atoms with van der Waals surface area (Å²) < 4.78 is 9.74. The number of benzene rings is 2. The van der Waals surface area contributed by atoms with Crippen LogP contribution in [0, 0.1) is 29.1 Å². The topological polar surface area (TPSA) is 175 Å². The number of nitrogens with one attached hydrogen (secondary N) is 4. The maximum absolute atomic E-state index is 14.1. The van der Waals surface area contributed by atoms with E-state index in [2.05, 4.69) is 69.1 Å². The van der Waals surface area contributed by atoms with Gasteiger partial charge in [-0.15, -0.1) is 11.3 Å². The summed E-state index contributed by atoms with van der Waals surface area (Å²) in [5.41, 5.74) is 9.73. The first-order valence-corrected chi connectivity index (χ1v) is 26.0. The normalized spacial score (nSPS) is 25.0. The highest BCUT2D eigenvalue weighted by atomic mass is 32.1. The van der Waals surface area contributed by atoms with E-state index in [9.17, 15) is 19.2 Å². The van der Waals surface area contributed by atoms with Crippen molar-refractivity contribution in [3.05, 3.63) is 83.7 Å². The molecule has 4 amide bonds. The van der Waals surface area contributed by atoms with E-state index in [1.165, 1.54) is 71.9 Å². The summed E-state index contributed by atoms with van der Waals surface area (Å²) in [6.45, 7) is 7.90. The van der Waals surface area contributed by atoms with Crippen molar-refractivity contribution in [2.24, 2.45) is 29.1 Å². The molecular formula is C54H64N8O6S. The van der Waals surface area contributed by atoms with Gasteiger partial charge < -0.3 is 39.9 Å². The molecule has 0 bridgehead atoms. The summed E-state index contributed by atoms with van der Waals surface area (Å²) in [6, 6.07) is 16.4. The summed E-state index contributed by atoms with van der Waals surface area (Å²) in [5.74, 6) is 2.18. The van der Waals surface area contributed by atoms with Gasteiger partial charge in [0, 0.05) is 21.8 Å². The Hall–Kier alpha value is -5.96. The number of carbonyl (C=O) groups excluding carboxylic acids is 4. The molecule has 5 aromatic rings. The number of amides is 4. The average molecular weight is 953 g/mol. The van der Waals surface area contributed by atoms with E-state index in [0.717, 1.165) is 79.1 Å². The lowest BCUT2D eigenvalue weighted by Crippen LogP contribution is -2.52. The number of thiophene rings is 1. The number of imidazole rings is 2. The molecule has 2 aliphatic heterocycles. The highest BCUT2D eigenvalue weighted by Crippen LogP contribution is 2.57. The van der Waals surface area contributed by atoms with Crippen LogP contribution in [0.3, 0.4) is 0 Å². The van der Waals surface area contributed by atoms with E-state index < -0.39 is 24.3 Å². The molecule has 5 unspecified atom stereocenters. The zero-order valence-corrected chi connectivity index (χ0v) is 41.3. The molecule has 3 aromatic heterocycles. The second-order valence-electron chi connectivity index (χ2n) is 21.3. The Balaban J connectivity index is 0.822. The fourth-order valence-electron chi connectivity index (χ4n) is 12.5. The SMILES string of the molecule is CC[C@H](C)C(NC(=O)OC)C(=O)N1C2CC2C[C@H]1c1ncc(-c2ccc(-c3sc(-c4ccc(-c5cnc([C@@H]6CC7CC7N6C(=O)[C@@H](NC(=O)OC)C(C)C)[nH]5)cc4)c4c3CC3(CCCC3)C4)cc2)[nH]1. The third-order valence-corrected chi connectivity index (χ3v) is 18.0. The lowest BCUT2D eigenvalue weighted by atomic mass is 9.83. The molecule has 4 N–H and O–H groups in total. The number of nitrogens with zero attached hydrogens (tertiary/aromatic N) is 4. The van der Waals surface area contributed by atoms with Crippen LogP contribution >= 0.6 is 11.3 Å². The number of hydrogen-bond acceptors (Lipinski definition) is 9. The standard InChI is InChI=1S/C54H64N8O6S/c1-7-29(4)45(60-53(66)68-6)51(64)62-41-21-35(41)23-43(62)49-56-27-39(58-49)31-12-16-33(17-13-31)47-37-25-54(18-8-9-19-54)24-36(37)46(69-47)32-14-10-30(11-15-32)38-26-55-48(57-38)42-22-34-20-40(34)61(42)50(63)44(28(2)3)59-52(65)67-5/h10-17,26-29,34-35,40-45H,7-9,18-25H2,1-6H3,(H,55,57)(H,56,58)(H,59,65)(H,60,66)/t29-,34?,35?,40?,41?,42-,43-,44-,45?/m0/s1. The lowest BCUT2D eigenvalue weighted by molar-refractivity contribution is -0.137. The van der Waals surface area contributed by atoms with Gasteiger partial charge in [0.15, 0.2) is 0 Å². The minimum Gasteiger partial charge on any atom is -0.453 e. The van der Waals surface area contributed by atoms with Gasteiger partial charge in [0.25, 0.3) is 0 Å². The molecule has 1 spiro atoms. The van der Waals surface area contributed by atoms with Crippen molar-refractivity contribution in [3.8, 4) is 43.4 Å². The number of H-pyrrole nitrogens is 2. The van der Waals surface area contributed by atoms with Gasteiger partial charge in [-0.2, -0.15) is 0 Å². The van der Waals surface area contributed by atoms with Crippen LogP contribution < -0.4 is 10.6 Å². The largest absolute Gasteiger partial charge is 0.453 e. The number of ether oxygens (including phenoxy) is 2. The molecular weight excluding hydrogens is 889 g/mol. The molecule has 3 saturated carbocycles. The molecule has 14 nitrogen and oxygen atoms in total. The first-order valence-electron chi connectivity index (χ1n) is 25.2. The Labute approximate surface area is 407 Å². The van der Waals surface area contributed by atoms with Crippen LogP contribution in [0.25, 0.3) is 43.4 Å². The van der Waals surface area contributed by atoms with Crippen molar-refractivity contribution in [1.29, 1.82) is 0 Å². The van der Waals surface area contributed by atoms with Crippen molar-refractivity contribution in [2.75, 3.05) is 14.2 Å². The molecule has 9 atom stereocenters. The molecule has 0 radical (unpaired) electrons. The average Bonchev–Trinajstić information content (AvgIpc) is 3.85. The van der Waals surface area contributed by atoms with Crippen LogP contribution in [0.15, 0.2) is 60.9 Å². The fraction of sp³-hybridized carbons (Fsp3) is 0.519. The number of piperidine rings is 2. The number of carbonyl (C=O) groups is 4. The molecule has 5 heterocycles. The van der Waals surface area contributed by atoms with Crippen molar-refractivity contribution in [2.45, 2.75) is 135 Å². The van der Waals surface area contributed by atoms with Crippen LogP contribution in [0.2, 0.25) is 0 Å². The van der Waals surface area contributed by atoms with Crippen LogP contribution in [-0.4, -0.2) is 92.1 Å². The van der Waals surface area contributed by atoms with Gasteiger partial charge in [-0.25, -0.2) is 19.6 Å². The monoisotopic (exact) mass is 952 g/mol. The molecule has 69 heavy (non-hydrogen) atoms. The number of likely N-dealkylation sites (tertiary alicyclic amines) is 2. The van der Waals surface area contributed by atoms with Crippen LogP contribution in [0.4, 0.5) is 9.59 Å². The maximum atomic E-state index is 14.1. The Bertz CT molecular complexity index is 2770. The van der Waals surface area contributed by atoms with Crippen LogP contribution in [0.1, 0.15) is 120 Å². The molecule has 5 fully saturated rings. The smallest absolute Gasteiger partial charge is 0.407 e. The highest BCUT2D eigenvalue weighted by molar-refractivity contribution is 7.19. The number of hydrogen-bond donors (Lipinski definition) is 4. The summed E-state index contributed by atoms with van der Waals surface area (Å²) in [5, 5.41) is 5.59. The first-order chi connectivity index (χ1) is 33.4. The second kappa shape index (κ2) is 17.8. The lowest BCUT2D eigenvalue weighted by Gasteiger charge is -2.32. The number of rotatable bonds is 13. The Morgan fingerprint density at radius 2 is 1.12 bits per heavy atom. The van der Waals surface area contributed by atoms with Gasteiger partial charge in [0.05, 0.1) is 50.1 Å². The quantitative estimate of drug-likeness (QED) is 0.0902. The van der Waals surface area contributed by atoms with E-state index in [4.69, 9.17) is 19.4 Å².